The number of rotatable bonds is 6. The predicted molar refractivity (Wildman–Crippen MR) is 125 cm³/mol. The number of piperazine rings is 1. The quantitative estimate of drug-likeness (QED) is 0.332. The van der Waals surface area contributed by atoms with Crippen LogP contribution in [0.1, 0.15) is 26.3 Å². The monoisotopic (exact) mass is 505 g/mol. The molecule has 1 unspecified atom stereocenters. The van der Waals surface area contributed by atoms with E-state index in [0.717, 1.165) is 34.1 Å². The zero-order valence-electron chi connectivity index (χ0n) is 19.6. The summed E-state index contributed by atoms with van der Waals surface area (Å²) in [6, 6.07) is 12.2. The highest BCUT2D eigenvalue weighted by molar-refractivity contribution is 7.89. The third kappa shape index (κ3) is 6.55. The summed E-state index contributed by atoms with van der Waals surface area (Å²) in [5, 5.41) is 10.9. The lowest BCUT2D eigenvalue weighted by atomic mass is 10.1. The van der Waals surface area contributed by atoms with Crippen molar-refractivity contribution in [3.8, 4) is 0 Å². The summed E-state index contributed by atoms with van der Waals surface area (Å²) in [4.78, 5) is 37.1. The first-order valence-electron chi connectivity index (χ1n) is 10.8. The minimum Gasteiger partial charge on any atom is -0.458 e. The summed E-state index contributed by atoms with van der Waals surface area (Å²) in [7, 11) is -4.09. The molecule has 1 amide bonds. The van der Waals surface area contributed by atoms with E-state index in [-0.39, 0.29) is 36.8 Å². The highest BCUT2D eigenvalue weighted by Crippen LogP contribution is 2.24. The number of nitrogens with zero attached hydrogens (tertiary/aromatic N) is 3. The molecule has 1 aliphatic heterocycles. The summed E-state index contributed by atoms with van der Waals surface area (Å²) in [5.74, 6) is -0.766. The van der Waals surface area contributed by atoms with Crippen molar-refractivity contribution < 1.29 is 32.4 Å². The van der Waals surface area contributed by atoms with Crippen molar-refractivity contribution in [2.75, 3.05) is 19.6 Å². The lowest BCUT2D eigenvalue weighted by Crippen LogP contribution is -2.60. The van der Waals surface area contributed by atoms with E-state index >= 15 is 0 Å². The molecule has 2 aromatic rings. The molecule has 1 heterocycles. The zero-order valence-corrected chi connectivity index (χ0v) is 20.4. The van der Waals surface area contributed by atoms with Gasteiger partial charge in [0, 0.05) is 31.8 Å². The number of carbonyl (C=O) groups is 2. The van der Waals surface area contributed by atoms with Crippen molar-refractivity contribution in [2.24, 2.45) is 0 Å². The van der Waals surface area contributed by atoms with Crippen molar-refractivity contribution in [1.29, 1.82) is 0 Å². The first-order valence-corrected chi connectivity index (χ1v) is 12.3. The van der Waals surface area contributed by atoms with Crippen LogP contribution >= 0.6 is 0 Å². The third-order valence-electron chi connectivity index (χ3n) is 5.15. The summed E-state index contributed by atoms with van der Waals surface area (Å²) in [5.41, 5.74) is -0.355. The average Bonchev–Trinajstić information content (AvgIpc) is 2.81. The van der Waals surface area contributed by atoms with E-state index in [1.165, 1.54) is 4.90 Å². The maximum absolute atomic E-state index is 13.2. The van der Waals surface area contributed by atoms with E-state index in [1.54, 1.807) is 45.0 Å². The van der Waals surface area contributed by atoms with Gasteiger partial charge in [-0.3, -0.25) is 15.0 Å². The van der Waals surface area contributed by atoms with Crippen molar-refractivity contribution in [1.82, 2.24) is 9.21 Å². The number of amides is 1. The molecule has 3 rings (SSSR count). The molecule has 0 bridgehead atoms. The van der Waals surface area contributed by atoms with Gasteiger partial charge in [-0.05, 0) is 38.5 Å². The van der Waals surface area contributed by atoms with Gasteiger partial charge in [-0.1, -0.05) is 30.3 Å². The number of nitro benzene ring substituents is 1. The second-order valence-corrected chi connectivity index (χ2v) is 10.8. The van der Waals surface area contributed by atoms with Crippen LogP contribution in [0.25, 0.3) is 0 Å². The maximum Gasteiger partial charge on any atom is 0.410 e. The maximum atomic E-state index is 13.2. The summed E-state index contributed by atoms with van der Waals surface area (Å²) >= 11 is 0. The summed E-state index contributed by atoms with van der Waals surface area (Å²) in [6.07, 6.45) is -0.767. The largest absolute Gasteiger partial charge is 0.458 e. The predicted octanol–water partition coefficient (Wildman–Crippen LogP) is 2.95. The first kappa shape index (κ1) is 26.1. The number of nitro groups is 1. The van der Waals surface area contributed by atoms with E-state index in [2.05, 4.69) is 0 Å². The van der Waals surface area contributed by atoms with Gasteiger partial charge in [0.25, 0.3) is 5.69 Å². The lowest BCUT2D eigenvalue weighted by Gasteiger charge is -2.39. The fourth-order valence-electron chi connectivity index (χ4n) is 3.46. The first-order chi connectivity index (χ1) is 16.4. The Morgan fingerprint density at radius 2 is 1.69 bits per heavy atom. The van der Waals surface area contributed by atoms with Gasteiger partial charge in [-0.15, -0.1) is 0 Å². The van der Waals surface area contributed by atoms with Crippen LogP contribution in [-0.4, -0.2) is 65.9 Å². The number of hydrogen-bond acceptors (Lipinski definition) is 8. The lowest BCUT2D eigenvalue weighted by molar-refractivity contribution is -0.384. The number of hydrogen-bond donors (Lipinski definition) is 0. The minimum atomic E-state index is -4.09. The highest BCUT2D eigenvalue weighted by atomic mass is 32.2. The van der Waals surface area contributed by atoms with Crippen molar-refractivity contribution in [3.63, 3.8) is 0 Å². The molecule has 12 heteroatoms. The van der Waals surface area contributed by atoms with Crippen LogP contribution in [0.2, 0.25) is 0 Å². The molecule has 0 N–H and O–H groups in total. The molecule has 1 aliphatic rings. The Kier molecular flexibility index (Phi) is 7.76. The third-order valence-corrected chi connectivity index (χ3v) is 7.03. The molecular formula is C23H27N3O8S. The molecule has 0 aromatic heterocycles. The normalized spacial score (nSPS) is 17.0. The number of carbonyl (C=O) groups excluding carboxylic acids is 2. The number of sulfonamides is 1. The van der Waals surface area contributed by atoms with Crippen LogP contribution in [-0.2, 0) is 30.9 Å². The molecular weight excluding hydrogens is 478 g/mol. The Morgan fingerprint density at radius 1 is 1.06 bits per heavy atom. The molecule has 0 saturated carbocycles. The second-order valence-electron chi connectivity index (χ2n) is 8.90. The fourth-order valence-corrected chi connectivity index (χ4v) is 4.89. The Bertz CT molecular complexity index is 1180. The molecule has 35 heavy (non-hydrogen) atoms. The van der Waals surface area contributed by atoms with Crippen molar-refractivity contribution in [2.45, 2.75) is 43.9 Å². The second kappa shape index (κ2) is 10.4. The SMILES string of the molecule is CC(C)(C)OC(=O)C1CN(S(=O)(=O)c2ccc([N+](=O)[O-])cc2)CCN1C(=O)OCc1ccccc1. The van der Waals surface area contributed by atoms with E-state index < -0.39 is 38.7 Å². The van der Waals surface area contributed by atoms with E-state index in [9.17, 15) is 28.1 Å². The topological polar surface area (TPSA) is 136 Å². The number of benzene rings is 2. The molecule has 1 atom stereocenters. The van der Waals surface area contributed by atoms with Crippen LogP contribution < -0.4 is 0 Å². The molecule has 0 spiro atoms. The molecule has 188 valence electrons. The fraction of sp³-hybridized carbons (Fsp3) is 0.391. The molecule has 2 aromatic carbocycles. The molecule has 0 aliphatic carbocycles. The van der Waals surface area contributed by atoms with Gasteiger partial charge >= 0.3 is 12.1 Å². The Labute approximate surface area is 203 Å². The zero-order chi connectivity index (χ0) is 25.8. The Hall–Kier alpha value is -3.51. The number of ether oxygens (including phenoxy) is 2. The van der Waals surface area contributed by atoms with E-state index in [4.69, 9.17) is 9.47 Å². The smallest absolute Gasteiger partial charge is 0.410 e. The molecule has 0 radical (unpaired) electrons. The average molecular weight is 506 g/mol. The molecule has 1 saturated heterocycles. The number of esters is 1. The molecule has 1 fully saturated rings. The van der Waals surface area contributed by atoms with Crippen LogP contribution in [0.15, 0.2) is 59.5 Å². The van der Waals surface area contributed by atoms with Crippen LogP contribution in [0, 0.1) is 10.1 Å². The minimum absolute atomic E-state index is 0.0119. The molecule has 11 nitrogen and oxygen atoms in total. The summed E-state index contributed by atoms with van der Waals surface area (Å²) < 4.78 is 38.2. The highest BCUT2D eigenvalue weighted by Gasteiger charge is 2.42. The van der Waals surface area contributed by atoms with Gasteiger partial charge in [-0.25, -0.2) is 18.0 Å². The van der Waals surface area contributed by atoms with Gasteiger partial charge in [0.05, 0.1) is 9.82 Å². The van der Waals surface area contributed by atoms with Gasteiger partial charge in [0.1, 0.15) is 18.2 Å². The van der Waals surface area contributed by atoms with Crippen molar-refractivity contribution >= 4 is 27.8 Å². The Balaban J connectivity index is 1.81. The van der Waals surface area contributed by atoms with Crippen molar-refractivity contribution in [3.05, 3.63) is 70.3 Å². The van der Waals surface area contributed by atoms with Gasteiger partial charge in [0.2, 0.25) is 10.0 Å². The van der Waals surface area contributed by atoms with Crippen LogP contribution in [0.5, 0.6) is 0 Å². The Morgan fingerprint density at radius 3 is 2.26 bits per heavy atom. The van der Waals surface area contributed by atoms with E-state index in [1.807, 2.05) is 6.07 Å². The van der Waals surface area contributed by atoms with Gasteiger partial charge < -0.3 is 9.47 Å². The summed E-state index contributed by atoms with van der Waals surface area (Å²) in [6.45, 7) is 4.42. The number of non-ortho nitro benzene ring substituents is 1. The van der Waals surface area contributed by atoms with Gasteiger partial charge in [0.15, 0.2) is 0 Å². The van der Waals surface area contributed by atoms with Gasteiger partial charge in [-0.2, -0.15) is 4.31 Å². The van der Waals surface area contributed by atoms with Crippen LogP contribution in [0.3, 0.4) is 0 Å². The van der Waals surface area contributed by atoms with Crippen LogP contribution in [0.4, 0.5) is 10.5 Å². The standard InChI is InChI=1S/C23H27N3O8S/c1-23(2,3)34-21(27)20-15-24(35(31,32)19-11-9-18(10-12-19)26(29)30)13-14-25(20)22(28)33-16-17-7-5-4-6-8-17/h4-12,20H,13-16H2,1-3H3. The van der Waals surface area contributed by atoms with E-state index in [0.29, 0.717) is 0 Å².